The largest absolute Gasteiger partial charge is 0.340 e. The van der Waals surface area contributed by atoms with Gasteiger partial charge in [0.05, 0.1) is 17.8 Å². The lowest BCUT2D eigenvalue weighted by Gasteiger charge is -2.18. The van der Waals surface area contributed by atoms with Crippen molar-refractivity contribution in [3.05, 3.63) is 75.2 Å². The molecule has 0 saturated carbocycles. The molecule has 4 nitrogen and oxygen atoms in total. The van der Waals surface area contributed by atoms with E-state index in [-0.39, 0.29) is 11.9 Å². The summed E-state index contributed by atoms with van der Waals surface area (Å²) in [6.45, 7) is 4.08. The van der Waals surface area contributed by atoms with Crippen LogP contribution in [0.1, 0.15) is 51.4 Å². The standard InChI is InChI=1S/C20H23N3OS/c1-4-6-15-8-10-16(11-9-15)19(18-7-5-12-25-18)22-20(24)17-13-21-23(3)14(17)2/h5,7-13,19H,4,6H2,1-3H3,(H,22,24)/t19-/m0/s1. The van der Waals surface area contributed by atoms with Crippen molar-refractivity contribution in [3.8, 4) is 0 Å². The van der Waals surface area contributed by atoms with Gasteiger partial charge < -0.3 is 5.32 Å². The molecule has 0 spiro atoms. The third-order valence-corrected chi connectivity index (χ3v) is 5.37. The van der Waals surface area contributed by atoms with Crippen LogP contribution in [0.2, 0.25) is 0 Å². The second-order valence-electron chi connectivity index (χ2n) is 6.18. The average molecular weight is 353 g/mol. The van der Waals surface area contributed by atoms with Crippen molar-refractivity contribution in [2.75, 3.05) is 0 Å². The van der Waals surface area contributed by atoms with Gasteiger partial charge in [0.2, 0.25) is 0 Å². The summed E-state index contributed by atoms with van der Waals surface area (Å²) >= 11 is 1.65. The van der Waals surface area contributed by atoms with E-state index < -0.39 is 0 Å². The first-order valence-electron chi connectivity index (χ1n) is 8.52. The van der Waals surface area contributed by atoms with Crippen molar-refractivity contribution < 1.29 is 4.79 Å². The van der Waals surface area contributed by atoms with Gasteiger partial charge in [-0.2, -0.15) is 5.10 Å². The predicted octanol–water partition coefficient (Wildman–Crippen LogP) is 4.26. The Morgan fingerprint density at radius 2 is 2.04 bits per heavy atom. The van der Waals surface area contributed by atoms with E-state index in [9.17, 15) is 4.79 Å². The van der Waals surface area contributed by atoms with Crippen LogP contribution >= 0.6 is 11.3 Å². The van der Waals surface area contributed by atoms with Crippen LogP contribution < -0.4 is 5.32 Å². The summed E-state index contributed by atoms with van der Waals surface area (Å²) in [5, 5.41) is 9.38. The fourth-order valence-corrected chi connectivity index (χ4v) is 3.67. The Balaban J connectivity index is 1.88. The smallest absolute Gasteiger partial charge is 0.255 e. The molecule has 130 valence electrons. The Kier molecular flexibility index (Phi) is 5.34. The molecule has 1 atom stereocenters. The van der Waals surface area contributed by atoms with Gasteiger partial charge in [0.15, 0.2) is 0 Å². The summed E-state index contributed by atoms with van der Waals surface area (Å²) < 4.78 is 1.72. The van der Waals surface area contributed by atoms with Crippen molar-refractivity contribution in [1.82, 2.24) is 15.1 Å². The Morgan fingerprint density at radius 3 is 2.60 bits per heavy atom. The number of rotatable bonds is 6. The fourth-order valence-electron chi connectivity index (χ4n) is 2.87. The first-order valence-corrected chi connectivity index (χ1v) is 9.39. The second kappa shape index (κ2) is 7.66. The zero-order valence-corrected chi connectivity index (χ0v) is 15.6. The van der Waals surface area contributed by atoms with Crippen molar-refractivity contribution in [2.24, 2.45) is 7.05 Å². The fraction of sp³-hybridized carbons (Fsp3) is 0.300. The van der Waals surface area contributed by atoms with E-state index in [1.54, 1.807) is 22.2 Å². The van der Waals surface area contributed by atoms with Crippen LogP contribution in [-0.2, 0) is 13.5 Å². The average Bonchev–Trinajstić information content (AvgIpc) is 3.25. The molecule has 0 unspecified atom stereocenters. The zero-order valence-electron chi connectivity index (χ0n) is 14.8. The third kappa shape index (κ3) is 3.82. The predicted molar refractivity (Wildman–Crippen MR) is 102 cm³/mol. The minimum Gasteiger partial charge on any atom is -0.340 e. The summed E-state index contributed by atoms with van der Waals surface area (Å²) in [7, 11) is 1.84. The molecule has 1 amide bonds. The lowest BCUT2D eigenvalue weighted by atomic mass is 10.0. The highest BCUT2D eigenvalue weighted by molar-refractivity contribution is 7.10. The molecule has 25 heavy (non-hydrogen) atoms. The molecule has 2 aromatic heterocycles. The number of aromatic nitrogens is 2. The normalized spacial score (nSPS) is 12.1. The molecule has 3 rings (SSSR count). The van der Waals surface area contributed by atoms with E-state index in [2.05, 4.69) is 47.7 Å². The Morgan fingerprint density at radius 1 is 1.28 bits per heavy atom. The number of hydrogen-bond donors (Lipinski definition) is 1. The van der Waals surface area contributed by atoms with Crippen molar-refractivity contribution in [3.63, 3.8) is 0 Å². The highest BCUT2D eigenvalue weighted by Crippen LogP contribution is 2.27. The van der Waals surface area contributed by atoms with Gasteiger partial charge in [-0.15, -0.1) is 11.3 Å². The maximum absolute atomic E-state index is 12.8. The monoisotopic (exact) mass is 353 g/mol. The van der Waals surface area contributed by atoms with Crippen molar-refractivity contribution >= 4 is 17.2 Å². The van der Waals surface area contributed by atoms with Gasteiger partial charge in [0.25, 0.3) is 5.91 Å². The maximum atomic E-state index is 12.8. The number of carbonyl (C=O) groups is 1. The highest BCUT2D eigenvalue weighted by Gasteiger charge is 2.21. The molecule has 0 radical (unpaired) electrons. The van der Waals surface area contributed by atoms with Crippen LogP contribution in [-0.4, -0.2) is 15.7 Å². The first kappa shape index (κ1) is 17.4. The number of thiophene rings is 1. The van der Waals surface area contributed by atoms with Crippen LogP contribution in [0.5, 0.6) is 0 Å². The highest BCUT2D eigenvalue weighted by atomic mass is 32.1. The molecule has 0 aliphatic heterocycles. The number of amides is 1. The topological polar surface area (TPSA) is 46.9 Å². The number of nitrogens with one attached hydrogen (secondary N) is 1. The molecule has 0 fully saturated rings. The lowest BCUT2D eigenvalue weighted by molar-refractivity contribution is 0.0943. The van der Waals surface area contributed by atoms with E-state index in [4.69, 9.17) is 0 Å². The number of hydrogen-bond acceptors (Lipinski definition) is 3. The Hall–Kier alpha value is -2.40. The molecule has 3 aromatic rings. The van der Waals surface area contributed by atoms with E-state index >= 15 is 0 Å². The Bertz CT molecular complexity index is 834. The third-order valence-electron chi connectivity index (χ3n) is 4.43. The second-order valence-corrected chi connectivity index (χ2v) is 7.16. The summed E-state index contributed by atoms with van der Waals surface area (Å²) in [5.74, 6) is -0.0957. The van der Waals surface area contributed by atoms with Crippen LogP contribution in [0.3, 0.4) is 0 Å². The summed E-state index contributed by atoms with van der Waals surface area (Å²) in [6.07, 6.45) is 3.83. The lowest BCUT2D eigenvalue weighted by Crippen LogP contribution is -2.29. The molecule has 2 heterocycles. The van der Waals surface area contributed by atoms with Gasteiger partial charge in [-0.3, -0.25) is 9.48 Å². The van der Waals surface area contributed by atoms with Gasteiger partial charge in [-0.25, -0.2) is 0 Å². The SMILES string of the molecule is CCCc1ccc([C@H](NC(=O)c2cnn(C)c2C)c2cccs2)cc1. The number of aryl methyl sites for hydroxylation is 2. The zero-order chi connectivity index (χ0) is 17.8. The van der Waals surface area contributed by atoms with E-state index in [0.29, 0.717) is 5.56 Å². The minimum absolute atomic E-state index is 0.0957. The van der Waals surface area contributed by atoms with Crippen LogP contribution in [0.25, 0.3) is 0 Å². The molecule has 0 saturated heterocycles. The quantitative estimate of drug-likeness (QED) is 0.720. The molecule has 0 aliphatic rings. The van der Waals surface area contributed by atoms with Gasteiger partial charge in [0, 0.05) is 17.6 Å². The molecule has 1 N–H and O–H groups in total. The molecular weight excluding hydrogens is 330 g/mol. The Labute approximate surface area is 152 Å². The van der Waals surface area contributed by atoms with E-state index in [1.165, 1.54) is 5.56 Å². The van der Waals surface area contributed by atoms with E-state index in [0.717, 1.165) is 29.0 Å². The van der Waals surface area contributed by atoms with Crippen molar-refractivity contribution in [2.45, 2.75) is 32.7 Å². The van der Waals surface area contributed by atoms with Gasteiger partial charge in [-0.1, -0.05) is 43.7 Å². The maximum Gasteiger partial charge on any atom is 0.255 e. The summed E-state index contributed by atoms with van der Waals surface area (Å²) in [5.41, 5.74) is 3.90. The number of nitrogens with zero attached hydrogens (tertiary/aromatic N) is 2. The van der Waals surface area contributed by atoms with Gasteiger partial charge in [0.1, 0.15) is 0 Å². The molecular formula is C20H23N3OS. The summed E-state index contributed by atoms with van der Waals surface area (Å²) in [4.78, 5) is 13.9. The first-order chi connectivity index (χ1) is 12.1. The van der Waals surface area contributed by atoms with Gasteiger partial charge in [-0.05, 0) is 35.9 Å². The van der Waals surface area contributed by atoms with Crippen LogP contribution in [0.4, 0.5) is 0 Å². The molecule has 1 aromatic carbocycles. The van der Waals surface area contributed by atoms with E-state index in [1.807, 2.05) is 25.4 Å². The van der Waals surface area contributed by atoms with Crippen molar-refractivity contribution in [1.29, 1.82) is 0 Å². The minimum atomic E-state index is -0.150. The van der Waals surface area contributed by atoms with Crippen LogP contribution in [0, 0.1) is 6.92 Å². The molecule has 5 heteroatoms. The van der Waals surface area contributed by atoms with Gasteiger partial charge >= 0.3 is 0 Å². The number of benzene rings is 1. The number of carbonyl (C=O) groups excluding carboxylic acids is 1. The molecule has 0 bridgehead atoms. The summed E-state index contributed by atoms with van der Waals surface area (Å²) in [6, 6.07) is 12.5. The van der Waals surface area contributed by atoms with Crippen LogP contribution in [0.15, 0.2) is 48.0 Å². The molecule has 0 aliphatic carbocycles.